The Morgan fingerprint density at radius 2 is 1.77 bits per heavy atom. The van der Waals surface area contributed by atoms with E-state index in [1.807, 2.05) is 42.5 Å². The molecule has 1 aliphatic rings. The molecule has 30 heavy (non-hydrogen) atoms. The van der Waals surface area contributed by atoms with Gasteiger partial charge in [-0.05, 0) is 44.0 Å². The maximum Gasteiger partial charge on any atom is 0.325 e. The Balaban J connectivity index is 1.75. The summed E-state index contributed by atoms with van der Waals surface area (Å²) in [6, 6.07) is 12.8. The van der Waals surface area contributed by atoms with E-state index in [2.05, 4.69) is 10.6 Å². The van der Waals surface area contributed by atoms with Crippen LogP contribution in [0.2, 0.25) is 0 Å². The number of urea groups is 1. The van der Waals surface area contributed by atoms with Crippen LogP contribution in [-0.2, 0) is 19.9 Å². The monoisotopic (exact) mass is 409 g/mol. The zero-order valence-corrected chi connectivity index (χ0v) is 17.7. The Hall–Kier alpha value is -3.22. The summed E-state index contributed by atoms with van der Waals surface area (Å²) in [7, 11) is 0. The Kier molecular flexibility index (Phi) is 5.65. The Bertz CT molecular complexity index is 1020. The second-order valence-corrected chi connectivity index (χ2v) is 8.60. The molecule has 2 aromatic carbocycles. The molecule has 7 heteroatoms. The first-order valence-electron chi connectivity index (χ1n) is 9.96. The maximum absolute atomic E-state index is 13.2. The predicted molar refractivity (Wildman–Crippen MR) is 114 cm³/mol. The highest BCUT2D eigenvalue weighted by molar-refractivity contribution is 6.09. The quantitative estimate of drug-likeness (QED) is 0.688. The normalized spacial score (nSPS) is 19.1. The fourth-order valence-corrected chi connectivity index (χ4v) is 4.06. The molecule has 1 fully saturated rings. The number of carbonyl (C=O) groups excluding carboxylic acids is 4. The van der Waals surface area contributed by atoms with Crippen LogP contribution in [0.3, 0.4) is 0 Å². The summed E-state index contributed by atoms with van der Waals surface area (Å²) in [5.41, 5.74) is -1.17. The lowest BCUT2D eigenvalue weighted by Crippen LogP contribution is -2.46. The molecule has 4 amide bonds. The fraction of sp³-hybridized carbons (Fsp3) is 0.391. The van der Waals surface area contributed by atoms with Crippen LogP contribution in [0.5, 0.6) is 0 Å². The van der Waals surface area contributed by atoms with Crippen LogP contribution in [0.4, 0.5) is 4.79 Å². The first-order chi connectivity index (χ1) is 14.0. The molecular weight excluding hydrogens is 382 g/mol. The van der Waals surface area contributed by atoms with Crippen LogP contribution in [0.1, 0.15) is 46.1 Å². The second kappa shape index (κ2) is 7.89. The van der Waals surface area contributed by atoms with Gasteiger partial charge in [-0.25, -0.2) is 4.79 Å². The van der Waals surface area contributed by atoms with Crippen molar-refractivity contribution in [1.29, 1.82) is 0 Å². The lowest BCUT2D eigenvalue weighted by Gasteiger charge is -2.26. The van der Waals surface area contributed by atoms with Crippen molar-refractivity contribution in [2.75, 3.05) is 6.54 Å². The summed E-state index contributed by atoms with van der Waals surface area (Å²) < 4.78 is 0. The van der Waals surface area contributed by atoms with E-state index in [9.17, 15) is 19.2 Å². The van der Waals surface area contributed by atoms with E-state index in [4.69, 9.17) is 0 Å². The lowest BCUT2D eigenvalue weighted by molar-refractivity contribution is -0.131. The number of nitrogens with one attached hydrogen (secondary N) is 2. The summed E-state index contributed by atoms with van der Waals surface area (Å²) in [5, 5.41) is 7.45. The number of nitrogens with zero attached hydrogens (tertiary/aromatic N) is 1. The Morgan fingerprint density at radius 1 is 1.10 bits per heavy atom. The molecule has 158 valence electrons. The zero-order chi connectivity index (χ0) is 22.1. The first kappa shape index (κ1) is 21.5. The standard InChI is InChI=1S/C23H27N3O4/c1-15(27)14-22(2,3)24-19(28)12-13-26-20(29)23(4,25-21(26)30)18-11-7-9-16-8-5-6-10-17(16)18/h5-11H,12-14H2,1-4H3,(H,24,28)(H,25,30)/t23-/m0/s1. The van der Waals surface area contributed by atoms with Gasteiger partial charge in [0.1, 0.15) is 11.3 Å². The molecule has 0 aromatic heterocycles. The highest BCUT2D eigenvalue weighted by atomic mass is 16.2. The lowest BCUT2D eigenvalue weighted by atomic mass is 9.88. The third kappa shape index (κ3) is 4.20. The predicted octanol–water partition coefficient (Wildman–Crippen LogP) is 2.87. The summed E-state index contributed by atoms with van der Waals surface area (Å²) in [5.74, 6) is -0.736. The van der Waals surface area contributed by atoms with Crippen molar-refractivity contribution in [3.63, 3.8) is 0 Å². The third-order valence-electron chi connectivity index (χ3n) is 5.33. The van der Waals surface area contributed by atoms with Gasteiger partial charge in [0.05, 0.1) is 0 Å². The molecule has 0 saturated carbocycles. The molecule has 1 heterocycles. The van der Waals surface area contributed by atoms with Gasteiger partial charge < -0.3 is 10.6 Å². The summed E-state index contributed by atoms with van der Waals surface area (Å²) in [6.07, 6.45) is 0.174. The van der Waals surface area contributed by atoms with Gasteiger partial charge in [0.25, 0.3) is 5.91 Å². The van der Waals surface area contributed by atoms with Gasteiger partial charge in [0.2, 0.25) is 5.91 Å². The number of hydrogen-bond acceptors (Lipinski definition) is 4. The van der Waals surface area contributed by atoms with Crippen molar-refractivity contribution < 1.29 is 19.2 Å². The second-order valence-electron chi connectivity index (χ2n) is 8.60. The number of rotatable bonds is 7. The number of ketones is 1. The van der Waals surface area contributed by atoms with E-state index >= 15 is 0 Å². The van der Waals surface area contributed by atoms with Crippen LogP contribution in [0.15, 0.2) is 42.5 Å². The first-order valence-corrected chi connectivity index (χ1v) is 9.96. The van der Waals surface area contributed by atoms with Crippen molar-refractivity contribution in [1.82, 2.24) is 15.5 Å². The molecule has 0 radical (unpaired) electrons. The number of hydrogen-bond donors (Lipinski definition) is 2. The van der Waals surface area contributed by atoms with Gasteiger partial charge in [-0.3, -0.25) is 19.3 Å². The Labute approximate surface area is 175 Å². The fourth-order valence-electron chi connectivity index (χ4n) is 4.06. The number of carbonyl (C=O) groups is 4. The molecule has 1 aliphatic heterocycles. The average Bonchev–Trinajstić information content (AvgIpc) is 2.87. The smallest absolute Gasteiger partial charge is 0.325 e. The highest BCUT2D eigenvalue weighted by Crippen LogP contribution is 2.33. The highest BCUT2D eigenvalue weighted by Gasteiger charge is 2.49. The summed E-state index contributed by atoms with van der Waals surface area (Å²) in [6.45, 7) is 6.64. The van der Waals surface area contributed by atoms with E-state index in [1.165, 1.54) is 6.92 Å². The summed E-state index contributed by atoms with van der Waals surface area (Å²) in [4.78, 5) is 50.5. The average molecular weight is 409 g/mol. The molecule has 0 unspecified atom stereocenters. The molecule has 0 aliphatic carbocycles. The Morgan fingerprint density at radius 3 is 2.47 bits per heavy atom. The van der Waals surface area contributed by atoms with Gasteiger partial charge in [-0.15, -0.1) is 0 Å². The molecule has 1 saturated heterocycles. The van der Waals surface area contributed by atoms with E-state index in [1.54, 1.807) is 20.8 Å². The molecule has 2 aromatic rings. The summed E-state index contributed by atoms with van der Waals surface area (Å²) >= 11 is 0. The molecular formula is C23H27N3O4. The number of fused-ring (bicyclic) bond motifs is 1. The zero-order valence-electron chi connectivity index (χ0n) is 17.7. The molecule has 0 spiro atoms. The molecule has 1 atom stereocenters. The molecule has 0 bridgehead atoms. The van der Waals surface area contributed by atoms with Crippen molar-refractivity contribution in [2.45, 2.75) is 51.6 Å². The van der Waals surface area contributed by atoms with Gasteiger partial charge in [0, 0.05) is 24.9 Å². The number of Topliss-reactive ketones (excluding diaryl/α,β-unsaturated/α-hetero) is 1. The minimum atomic E-state index is -1.21. The van der Waals surface area contributed by atoms with Crippen molar-refractivity contribution in [2.24, 2.45) is 0 Å². The minimum Gasteiger partial charge on any atom is -0.351 e. The van der Waals surface area contributed by atoms with Gasteiger partial charge in [-0.2, -0.15) is 0 Å². The van der Waals surface area contributed by atoms with Crippen LogP contribution in [0.25, 0.3) is 10.8 Å². The van der Waals surface area contributed by atoms with Crippen molar-refractivity contribution in [3.05, 3.63) is 48.0 Å². The van der Waals surface area contributed by atoms with Gasteiger partial charge >= 0.3 is 6.03 Å². The number of benzene rings is 2. The van der Waals surface area contributed by atoms with E-state index in [0.717, 1.165) is 15.7 Å². The van der Waals surface area contributed by atoms with Crippen molar-refractivity contribution in [3.8, 4) is 0 Å². The number of amides is 4. The third-order valence-corrected chi connectivity index (χ3v) is 5.33. The van der Waals surface area contributed by atoms with Crippen LogP contribution < -0.4 is 10.6 Å². The minimum absolute atomic E-state index is 0.0275. The van der Waals surface area contributed by atoms with Crippen molar-refractivity contribution >= 4 is 34.4 Å². The molecule has 7 nitrogen and oxygen atoms in total. The van der Waals surface area contributed by atoms with E-state index < -0.39 is 17.1 Å². The SMILES string of the molecule is CC(=O)CC(C)(C)NC(=O)CCN1C(=O)N[C@@](C)(c2cccc3ccccc23)C1=O. The van der Waals surface area contributed by atoms with E-state index in [-0.39, 0.29) is 37.0 Å². The van der Waals surface area contributed by atoms with Crippen LogP contribution in [-0.4, -0.2) is 40.6 Å². The van der Waals surface area contributed by atoms with Crippen LogP contribution >= 0.6 is 0 Å². The van der Waals surface area contributed by atoms with Gasteiger partial charge in [0.15, 0.2) is 0 Å². The molecule has 3 rings (SSSR count). The largest absolute Gasteiger partial charge is 0.351 e. The number of imide groups is 1. The van der Waals surface area contributed by atoms with Crippen LogP contribution in [0, 0.1) is 0 Å². The molecule has 2 N–H and O–H groups in total. The topological polar surface area (TPSA) is 95.6 Å². The maximum atomic E-state index is 13.2. The van der Waals surface area contributed by atoms with E-state index in [0.29, 0.717) is 5.56 Å². The van der Waals surface area contributed by atoms with Gasteiger partial charge in [-0.1, -0.05) is 42.5 Å².